The molecule has 0 amide bonds. The third-order valence-corrected chi connectivity index (χ3v) is 5.35. The van der Waals surface area contributed by atoms with Gasteiger partial charge in [-0.3, -0.25) is 5.43 Å². The SMILES string of the molecule is COc1ccc(-c2nn(-c3ccccc3)cc2/C=N/Nc2cc(C(=O)O)ccc2Cl)cc1OC. The van der Waals surface area contributed by atoms with Gasteiger partial charge >= 0.3 is 5.97 Å². The number of ether oxygens (including phenoxy) is 2. The molecule has 0 aliphatic carbocycles. The highest BCUT2D eigenvalue weighted by atomic mass is 35.5. The van der Waals surface area contributed by atoms with Gasteiger partial charge in [0.2, 0.25) is 0 Å². The summed E-state index contributed by atoms with van der Waals surface area (Å²) in [6.07, 6.45) is 3.45. The van der Waals surface area contributed by atoms with E-state index in [1.54, 1.807) is 25.1 Å². The van der Waals surface area contributed by atoms with Gasteiger partial charge in [0.25, 0.3) is 0 Å². The van der Waals surface area contributed by atoms with Gasteiger partial charge in [-0.2, -0.15) is 10.2 Å². The fraction of sp³-hybridized carbons (Fsp3) is 0.0800. The molecule has 0 fully saturated rings. The van der Waals surface area contributed by atoms with Crippen LogP contribution >= 0.6 is 11.6 Å². The Morgan fingerprint density at radius 2 is 1.82 bits per heavy atom. The van der Waals surface area contributed by atoms with E-state index in [0.717, 1.165) is 11.3 Å². The molecule has 0 saturated carbocycles. The number of hydrogen-bond acceptors (Lipinski definition) is 6. The third kappa shape index (κ3) is 4.87. The first-order chi connectivity index (χ1) is 16.5. The molecule has 0 atom stereocenters. The Balaban J connectivity index is 1.72. The van der Waals surface area contributed by atoms with Crippen LogP contribution in [0.15, 0.2) is 78.0 Å². The second-order valence-corrected chi connectivity index (χ2v) is 7.56. The molecule has 1 heterocycles. The van der Waals surface area contributed by atoms with Crippen molar-refractivity contribution < 1.29 is 19.4 Å². The Morgan fingerprint density at radius 3 is 2.53 bits per heavy atom. The smallest absolute Gasteiger partial charge is 0.335 e. The molecule has 8 nitrogen and oxygen atoms in total. The van der Waals surface area contributed by atoms with Gasteiger partial charge in [0.05, 0.1) is 42.4 Å². The number of carboxylic acids is 1. The van der Waals surface area contributed by atoms with Crippen LogP contribution in [0.1, 0.15) is 15.9 Å². The molecular formula is C25H21ClN4O4. The molecule has 0 spiro atoms. The molecular weight excluding hydrogens is 456 g/mol. The highest BCUT2D eigenvalue weighted by Gasteiger charge is 2.14. The van der Waals surface area contributed by atoms with Crippen LogP contribution in [0.3, 0.4) is 0 Å². The molecule has 4 rings (SSSR count). The summed E-state index contributed by atoms with van der Waals surface area (Å²) in [5.74, 6) is 0.134. The normalized spacial score (nSPS) is 10.9. The van der Waals surface area contributed by atoms with Gasteiger partial charge in [0.15, 0.2) is 11.5 Å². The van der Waals surface area contributed by atoms with Crippen LogP contribution in [0.4, 0.5) is 5.69 Å². The van der Waals surface area contributed by atoms with Crippen molar-refractivity contribution >= 4 is 29.5 Å². The van der Waals surface area contributed by atoms with Gasteiger partial charge in [0, 0.05) is 17.3 Å². The Hall–Kier alpha value is -4.30. The lowest BCUT2D eigenvalue weighted by Gasteiger charge is -2.09. The van der Waals surface area contributed by atoms with Crippen molar-refractivity contribution in [2.45, 2.75) is 0 Å². The van der Waals surface area contributed by atoms with Crippen molar-refractivity contribution in [1.29, 1.82) is 0 Å². The van der Waals surface area contributed by atoms with Gasteiger partial charge in [0.1, 0.15) is 5.69 Å². The number of rotatable bonds is 8. The van der Waals surface area contributed by atoms with Crippen molar-refractivity contribution in [2.24, 2.45) is 5.10 Å². The second-order valence-electron chi connectivity index (χ2n) is 7.15. The first-order valence-corrected chi connectivity index (χ1v) is 10.6. The summed E-state index contributed by atoms with van der Waals surface area (Å²) in [7, 11) is 3.15. The topological polar surface area (TPSA) is 98.0 Å². The zero-order valence-electron chi connectivity index (χ0n) is 18.4. The lowest BCUT2D eigenvalue weighted by molar-refractivity contribution is 0.0697. The molecule has 0 radical (unpaired) electrons. The van der Waals surface area contributed by atoms with E-state index in [0.29, 0.717) is 33.5 Å². The average molecular weight is 477 g/mol. The zero-order valence-corrected chi connectivity index (χ0v) is 19.2. The quantitative estimate of drug-likeness (QED) is 0.262. The summed E-state index contributed by atoms with van der Waals surface area (Å²) in [5, 5.41) is 18.6. The van der Waals surface area contributed by atoms with E-state index in [9.17, 15) is 9.90 Å². The monoisotopic (exact) mass is 476 g/mol. The predicted octanol–water partition coefficient (Wildman–Crippen LogP) is 5.35. The van der Waals surface area contributed by atoms with Crippen LogP contribution in [0.2, 0.25) is 5.02 Å². The van der Waals surface area contributed by atoms with Crippen molar-refractivity contribution in [3.63, 3.8) is 0 Å². The Morgan fingerprint density at radius 1 is 1.06 bits per heavy atom. The van der Waals surface area contributed by atoms with E-state index in [-0.39, 0.29) is 5.56 Å². The average Bonchev–Trinajstić information content (AvgIpc) is 3.29. The molecule has 0 aliphatic heterocycles. The number of carboxylic acid groups (broad SMARTS) is 1. The van der Waals surface area contributed by atoms with E-state index < -0.39 is 5.97 Å². The fourth-order valence-corrected chi connectivity index (χ4v) is 3.48. The minimum atomic E-state index is -1.05. The molecule has 0 saturated heterocycles. The number of anilines is 1. The number of nitrogens with one attached hydrogen (secondary N) is 1. The molecule has 0 bridgehead atoms. The molecule has 172 valence electrons. The molecule has 34 heavy (non-hydrogen) atoms. The van der Waals surface area contributed by atoms with Crippen molar-refractivity contribution in [3.8, 4) is 28.4 Å². The minimum Gasteiger partial charge on any atom is -0.493 e. The van der Waals surface area contributed by atoms with Crippen molar-refractivity contribution in [1.82, 2.24) is 9.78 Å². The van der Waals surface area contributed by atoms with Gasteiger partial charge in [-0.1, -0.05) is 29.8 Å². The van der Waals surface area contributed by atoms with Crippen LogP contribution in [0, 0.1) is 0 Å². The Kier molecular flexibility index (Phi) is 6.79. The van der Waals surface area contributed by atoms with E-state index in [2.05, 4.69) is 10.5 Å². The summed E-state index contributed by atoms with van der Waals surface area (Å²) in [4.78, 5) is 11.3. The number of aromatic carboxylic acids is 1. The van der Waals surface area contributed by atoms with Crippen LogP contribution in [0.25, 0.3) is 16.9 Å². The maximum atomic E-state index is 11.3. The summed E-state index contributed by atoms with van der Waals surface area (Å²) in [6.45, 7) is 0. The number of hydrogen-bond donors (Lipinski definition) is 2. The highest BCUT2D eigenvalue weighted by Crippen LogP contribution is 2.33. The number of halogens is 1. The lowest BCUT2D eigenvalue weighted by Crippen LogP contribution is -1.98. The lowest BCUT2D eigenvalue weighted by atomic mass is 10.1. The van der Waals surface area contributed by atoms with E-state index in [1.807, 2.05) is 54.7 Å². The number of carbonyl (C=O) groups is 1. The fourth-order valence-electron chi connectivity index (χ4n) is 3.32. The predicted molar refractivity (Wildman–Crippen MR) is 132 cm³/mol. The molecule has 0 unspecified atom stereocenters. The summed E-state index contributed by atoms with van der Waals surface area (Å²) < 4.78 is 12.5. The molecule has 1 aromatic heterocycles. The first-order valence-electron chi connectivity index (χ1n) is 10.2. The highest BCUT2D eigenvalue weighted by molar-refractivity contribution is 6.33. The van der Waals surface area contributed by atoms with Gasteiger partial charge in [-0.05, 0) is 48.5 Å². The largest absolute Gasteiger partial charge is 0.493 e. The van der Waals surface area contributed by atoms with Crippen molar-refractivity contribution in [2.75, 3.05) is 19.6 Å². The van der Waals surface area contributed by atoms with Gasteiger partial charge in [-0.25, -0.2) is 9.48 Å². The zero-order chi connectivity index (χ0) is 24.1. The summed E-state index contributed by atoms with van der Waals surface area (Å²) in [6, 6.07) is 19.6. The van der Waals surface area contributed by atoms with Crippen LogP contribution in [0.5, 0.6) is 11.5 Å². The van der Waals surface area contributed by atoms with E-state index >= 15 is 0 Å². The standard InChI is InChI=1S/C25H21ClN4O4/c1-33-22-11-9-16(13-23(22)34-2)24-18(15-30(29-24)19-6-4-3-5-7-19)14-27-28-21-12-17(25(31)32)8-10-20(21)26/h3-15,28H,1-2H3,(H,31,32)/b27-14+. The first kappa shape index (κ1) is 22.9. The molecule has 2 N–H and O–H groups in total. The van der Waals surface area contributed by atoms with Crippen LogP contribution in [-0.4, -0.2) is 41.3 Å². The maximum absolute atomic E-state index is 11.3. The minimum absolute atomic E-state index is 0.102. The van der Waals surface area contributed by atoms with E-state index in [4.69, 9.17) is 26.2 Å². The second kappa shape index (κ2) is 10.1. The Labute approximate surface area is 201 Å². The number of benzene rings is 3. The van der Waals surface area contributed by atoms with E-state index in [1.165, 1.54) is 18.2 Å². The third-order valence-electron chi connectivity index (χ3n) is 5.02. The molecule has 4 aromatic rings. The molecule has 0 aliphatic rings. The summed E-state index contributed by atoms with van der Waals surface area (Å²) in [5.41, 5.74) is 6.37. The maximum Gasteiger partial charge on any atom is 0.335 e. The Bertz CT molecular complexity index is 1350. The van der Waals surface area contributed by atoms with Gasteiger partial charge < -0.3 is 14.6 Å². The number of para-hydroxylation sites is 1. The van der Waals surface area contributed by atoms with Crippen LogP contribution < -0.4 is 14.9 Å². The number of hydrazone groups is 1. The molecule has 3 aromatic carbocycles. The molecule has 9 heteroatoms. The number of aromatic nitrogens is 2. The van der Waals surface area contributed by atoms with Crippen molar-refractivity contribution in [3.05, 3.63) is 89.1 Å². The van der Waals surface area contributed by atoms with Gasteiger partial charge in [-0.15, -0.1) is 0 Å². The number of methoxy groups -OCH3 is 2. The summed E-state index contributed by atoms with van der Waals surface area (Å²) >= 11 is 6.18. The number of nitrogens with zero attached hydrogens (tertiary/aromatic N) is 3. The van der Waals surface area contributed by atoms with Crippen LogP contribution in [-0.2, 0) is 0 Å².